The maximum Gasteiger partial charge on any atom is 0.411 e. The van der Waals surface area contributed by atoms with E-state index in [0.29, 0.717) is 16.8 Å². The van der Waals surface area contributed by atoms with Crippen molar-refractivity contribution in [2.24, 2.45) is 11.7 Å². The number of urea groups is 1. The Morgan fingerprint density at radius 1 is 0.891 bits per heavy atom. The van der Waals surface area contributed by atoms with E-state index >= 15 is 0 Å². The maximum absolute atomic E-state index is 13.7. The van der Waals surface area contributed by atoms with Crippen molar-refractivity contribution in [1.29, 1.82) is 0 Å². The molecule has 0 heterocycles. The van der Waals surface area contributed by atoms with Gasteiger partial charge in [-0.05, 0) is 64.3 Å². The lowest BCUT2D eigenvalue weighted by molar-refractivity contribution is -0.128. The fraction of sp³-hybridized carbons (Fsp3) is 0.341. The zero-order chi connectivity index (χ0) is 39.9. The summed E-state index contributed by atoms with van der Waals surface area (Å²) < 4.78 is 10.7. The Morgan fingerprint density at radius 2 is 1.56 bits per heavy atom. The van der Waals surface area contributed by atoms with Crippen molar-refractivity contribution < 1.29 is 38.6 Å². The lowest BCUT2D eigenvalue weighted by atomic mass is 9.98. The normalized spacial score (nSPS) is 12.5. The molecule has 0 bridgehead atoms. The van der Waals surface area contributed by atoms with Crippen LogP contribution in [0.3, 0.4) is 0 Å². The molecule has 4 rings (SSSR count). The van der Waals surface area contributed by atoms with Gasteiger partial charge in [0.1, 0.15) is 18.7 Å². The molecule has 0 fully saturated rings. The molecule has 6 amide bonds. The molecule has 0 aliphatic heterocycles. The van der Waals surface area contributed by atoms with Gasteiger partial charge in [0, 0.05) is 18.2 Å². The second-order valence-electron chi connectivity index (χ2n) is 13.1. The summed E-state index contributed by atoms with van der Waals surface area (Å²) in [5.41, 5.74) is 10.7. The van der Waals surface area contributed by atoms with Gasteiger partial charge >= 0.3 is 18.2 Å². The number of fused-ring (bicyclic) bond motifs is 3. The topological polar surface area (TPSA) is 201 Å². The van der Waals surface area contributed by atoms with E-state index in [1.807, 2.05) is 48.5 Å². The first-order chi connectivity index (χ1) is 26.5. The van der Waals surface area contributed by atoms with Crippen molar-refractivity contribution in [2.75, 3.05) is 31.6 Å². The third-order valence-corrected chi connectivity index (χ3v) is 8.99. The predicted molar refractivity (Wildman–Crippen MR) is 206 cm³/mol. The van der Waals surface area contributed by atoms with Crippen LogP contribution < -0.4 is 27.0 Å². The van der Waals surface area contributed by atoms with Gasteiger partial charge in [-0.25, -0.2) is 14.4 Å². The number of aliphatic hydroxyl groups is 1. The third-order valence-electron chi connectivity index (χ3n) is 8.99. The number of nitrogens with one attached hydrogen (secondary N) is 4. The summed E-state index contributed by atoms with van der Waals surface area (Å²) in [6.45, 7) is 2.87. The number of hydrogen-bond acceptors (Lipinski definition) is 8. The molecule has 0 unspecified atom stereocenters. The van der Waals surface area contributed by atoms with Gasteiger partial charge < -0.3 is 41.6 Å². The number of alkyl carbamates (subject to hydrolysis) is 1. The van der Waals surface area contributed by atoms with Crippen molar-refractivity contribution in [3.05, 3.63) is 89.0 Å². The second-order valence-corrected chi connectivity index (χ2v) is 13.1. The number of primary amides is 1. The van der Waals surface area contributed by atoms with Gasteiger partial charge in [0.2, 0.25) is 11.8 Å². The van der Waals surface area contributed by atoms with E-state index in [9.17, 15) is 29.1 Å². The van der Waals surface area contributed by atoms with Crippen molar-refractivity contribution in [3.63, 3.8) is 0 Å². The lowest BCUT2D eigenvalue weighted by Crippen LogP contribution is -2.54. The summed E-state index contributed by atoms with van der Waals surface area (Å²) in [5.74, 6) is 2.79. The van der Waals surface area contributed by atoms with Crippen LogP contribution in [0.25, 0.3) is 11.1 Å². The Hall–Kier alpha value is -6.51. The third kappa shape index (κ3) is 11.2. The van der Waals surface area contributed by atoms with Crippen LogP contribution in [0, 0.1) is 30.6 Å². The van der Waals surface area contributed by atoms with Gasteiger partial charge in [-0.15, -0.1) is 12.8 Å². The summed E-state index contributed by atoms with van der Waals surface area (Å²) in [5, 5.41) is 20.6. The highest BCUT2D eigenvalue weighted by atomic mass is 16.6. The molecule has 1 aliphatic carbocycles. The Balaban J connectivity index is 1.46. The highest BCUT2D eigenvalue weighted by Gasteiger charge is 2.32. The molecular weight excluding hydrogens is 704 g/mol. The number of terminal acetylenes is 2. The van der Waals surface area contributed by atoms with Crippen LogP contribution >= 0.6 is 0 Å². The number of benzene rings is 3. The number of rotatable bonds is 17. The second kappa shape index (κ2) is 20.1. The first-order valence-corrected chi connectivity index (χ1v) is 17.7. The number of carbonyl (C=O) groups is 5. The number of carbonyl (C=O) groups excluding carboxylic acids is 5. The van der Waals surface area contributed by atoms with E-state index in [4.69, 9.17) is 28.1 Å². The van der Waals surface area contributed by atoms with Gasteiger partial charge in [-0.2, -0.15) is 0 Å². The Bertz CT molecular complexity index is 1910. The van der Waals surface area contributed by atoms with Crippen LogP contribution in [-0.2, 0) is 32.2 Å². The minimum Gasteiger partial charge on any atom is -0.449 e. The minimum absolute atomic E-state index is 0.0494. The lowest BCUT2D eigenvalue weighted by Gasteiger charge is -2.26. The minimum atomic E-state index is -1.12. The van der Waals surface area contributed by atoms with Crippen LogP contribution in [0.15, 0.2) is 66.7 Å². The van der Waals surface area contributed by atoms with Crippen LogP contribution in [0.2, 0.25) is 0 Å². The van der Waals surface area contributed by atoms with Crippen molar-refractivity contribution >= 4 is 35.7 Å². The summed E-state index contributed by atoms with van der Waals surface area (Å²) in [4.78, 5) is 65.6. The molecule has 0 aromatic heterocycles. The Labute approximate surface area is 320 Å². The average Bonchev–Trinajstić information content (AvgIpc) is 3.49. The Morgan fingerprint density at radius 3 is 2.16 bits per heavy atom. The molecule has 7 N–H and O–H groups in total. The van der Waals surface area contributed by atoms with Gasteiger partial charge in [0.05, 0.1) is 19.7 Å². The number of hydrogen-bond donors (Lipinski definition) is 6. The van der Waals surface area contributed by atoms with E-state index in [2.05, 4.69) is 33.1 Å². The maximum atomic E-state index is 13.7. The number of nitrogens with two attached hydrogens (primary N) is 1. The smallest absolute Gasteiger partial charge is 0.411 e. The van der Waals surface area contributed by atoms with E-state index in [1.54, 1.807) is 32.0 Å². The molecule has 3 aromatic rings. The molecule has 3 aromatic carbocycles. The van der Waals surface area contributed by atoms with E-state index in [0.717, 1.165) is 22.3 Å². The SMILES string of the molecule is C#CCOC(=O)N(CC#C)Cc1cc(NC(=O)[C@H](CCCNC(N)=O)NC(=O)[C@@H](NC(=O)OCC2c3ccccc3-c3ccccc32)C(C)C)ccc1CO. The van der Waals surface area contributed by atoms with E-state index in [-0.39, 0.29) is 58.2 Å². The van der Waals surface area contributed by atoms with Crippen LogP contribution in [0.5, 0.6) is 0 Å². The van der Waals surface area contributed by atoms with Crippen LogP contribution in [0.4, 0.5) is 20.1 Å². The molecule has 14 heteroatoms. The van der Waals surface area contributed by atoms with Crippen molar-refractivity contribution in [1.82, 2.24) is 20.9 Å². The summed E-state index contributed by atoms with van der Waals surface area (Å²) in [6.07, 6.45) is 9.46. The monoisotopic (exact) mass is 750 g/mol. The van der Waals surface area contributed by atoms with E-state index in [1.165, 1.54) is 4.90 Å². The molecule has 0 saturated carbocycles. The first-order valence-electron chi connectivity index (χ1n) is 17.7. The molecule has 14 nitrogen and oxygen atoms in total. The fourth-order valence-electron chi connectivity index (χ4n) is 6.28. The first kappa shape index (κ1) is 41.2. The highest BCUT2D eigenvalue weighted by Crippen LogP contribution is 2.44. The summed E-state index contributed by atoms with van der Waals surface area (Å²) in [7, 11) is 0. The number of aliphatic hydroxyl groups excluding tert-OH is 1. The van der Waals surface area contributed by atoms with Gasteiger partial charge in [-0.3, -0.25) is 14.5 Å². The van der Waals surface area contributed by atoms with Gasteiger partial charge in [0.15, 0.2) is 6.61 Å². The Kier molecular flexibility index (Phi) is 15.1. The standard InChI is InChI=1S/C41H46N6O8/c1-5-20-47(41(53)54-21-6-2)23-28-22-29(18-17-27(28)24-48)44-37(49)35(16-11-19-43-39(42)51)45-38(50)36(26(3)4)46-40(52)55-25-34-32-14-9-7-12-30(32)31-13-8-10-15-33(31)34/h1-2,7-10,12-15,17-18,22,26,34-36,48H,11,16,19-21,23-25H2,3-4H3,(H,44,49)(H,45,50)(H,46,52)(H3,42,43,51)/t35-,36-/m0/s1. The highest BCUT2D eigenvalue weighted by molar-refractivity contribution is 5.98. The molecule has 288 valence electrons. The van der Waals surface area contributed by atoms with Gasteiger partial charge in [-0.1, -0.05) is 80.3 Å². The van der Waals surface area contributed by atoms with Crippen LogP contribution in [-0.4, -0.2) is 78.4 Å². The predicted octanol–water partition coefficient (Wildman–Crippen LogP) is 3.82. The molecule has 0 spiro atoms. The quantitative estimate of drug-likeness (QED) is 0.0883. The zero-order valence-corrected chi connectivity index (χ0v) is 30.8. The zero-order valence-electron chi connectivity index (χ0n) is 30.8. The number of ether oxygens (including phenoxy) is 2. The molecule has 0 saturated heterocycles. The fourth-order valence-corrected chi connectivity index (χ4v) is 6.28. The molecule has 1 aliphatic rings. The van der Waals surface area contributed by atoms with Crippen molar-refractivity contribution in [2.45, 2.75) is 57.8 Å². The number of anilines is 1. The largest absolute Gasteiger partial charge is 0.449 e. The van der Waals surface area contributed by atoms with Gasteiger partial charge in [0.25, 0.3) is 0 Å². The molecule has 0 radical (unpaired) electrons. The average molecular weight is 751 g/mol. The number of nitrogens with zero attached hydrogens (tertiary/aromatic N) is 1. The summed E-state index contributed by atoms with van der Waals surface area (Å²) in [6, 6.07) is 17.6. The molecular formula is C41H46N6O8. The molecule has 55 heavy (non-hydrogen) atoms. The van der Waals surface area contributed by atoms with Crippen molar-refractivity contribution in [3.8, 4) is 35.8 Å². The van der Waals surface area contributed by atoms with Crippen LogP contribution in [0.1, 0.15) is 54.9 Å². The summed E-state index contributed by atoms with van der Waals surface area (Å²) >= 11 is 0. The molecule has 2 atom stereocenters. The van der Waals surface area contributed by atoms with E-state index < -0.39 is 48.0 Å². The number of amides is 6.